The highest BCUT2D eigenvalue weighted by Gasteiger charge is 2.27. The summed E-state index contributed by atoms with van der Waals surface area (Å²) in [5, 5.41) is 0. The van der Waals surface area contributed by atoms with Gasteiger partial charge < -0.3 is 10.6 Å². The van der Waals surface area contributed by atoms with E-state index in [1.54, 1.807) is 0 Å². The Hall–Kier alpha value is -1.61. The van der Waals surface area contributed by atoms with Crippen LogP contribution >= 0.6 is 0 Å². The normalized spacial score (nSPS) is 17.9. The number of benzene rings is 1. The second-order valence-corrected chi connectivity index (χ2v) is 5.74. The predicted molar refractivity (Wildman–Crippen MR) is 82.1 cm³/mol. The molecule has 3 heteroatoms. The van der Waals surface area contributed by atoms with E-state index in [1.165, 1.54) is 12.8 Å². The molecule has 2 N–H and O–H groups in total. The summed E-state index contributed by atoms with van der Waals surface area (Å²) < 4.78 is 0. The lowest BCUT2D eigenvalue weighted by atomic mass is 10.0. The van der Waals surface area contributed by atoms with E-state index in [1.807, 2.05) is 30.0 Å². The molecule has 2 atom stereocenters. The van der Waals surface area contributed by atoms with Crippen molar-refractivity contribution in [3.63, 3.8) is 0 Å². The van der Waals surface area contributed by atoms with E-state index in [2.05, 4.69) is 24.3 Å². The minimum Gasteiger partial charge on any atom is -0.334 e. The van der Waals surface area contributed by atoms with Crippen LogP contribution in [0.4, 0.5) is 0 Å². The molecule has 0 aliphatic heterocycles. The third-order valence-electron chi connectivity index (χ3n) is 3.63. The third-order valence-corrected chi connectivity index (χ3v) is 3.63. The fourth-order valence-electron chi connectivity index (χ4n) is 2.31. The highest BCUT2D eigenvalue weighted by atomic mass is 16.1. The molecule has 1 fully saturated rings. The topological polar surface area (TPSA) is 46.3 Å². The zero-order valence-electron chi connectivity index (χ0n) is 12.1. The minimum atomic E-state index is 0.0213. The standard InChI is InChI=1S/C17H24N2O/c1-14(18)6-5-9-17(16-7-3-2-4-8-16)19(13-20)12-15-10-11-15/h2-5,7-9,13-15,17H,6,10-12,18H2,1H3/b9-5-. The van der Waals surface area contributed by atoms with Gasteiger partial charge in [0.2, 0.25) is 6.41 Å². The van der Waals surface area contributed by atoms with Gasteiger partial charge in [-0.2, -0.15) is 0 Å². The minimum absolute atomic E-state index is 0.0213. The Morgan fingerprint density at radius 3 is 2.60 bits per heavy atom. The highest BCUT2D eigenvalue weighted by molar-refractivity contribution is 5.50. The Kier molecular flexibility index (Phi) is 5.36. The predicted octanol–water partition coefficient (Wildman–Crippen LogP) is 2.89. The first-order valence-electron chi connectivity index (χ1n) is 7.39. The molecule has 0 bridgehead atoms. The second kappa shape index (κ2) is 7.25. The number of nitrogens with zero attached hydrogens (tertiary/aromatic N) is 1. The lowest BCUT2D eigenvalue weighted by molar-refractivity contribution is -0.119. The molecule has 1 aromatic carbocycles. The largest absolute Gasteiger partial charge is 0.334 e. The van der Waals surface area contributed by atoms with Crippen molar-refractivity contribution in [2.24, 2.45) is 11.7 Å². The molecule has 0 aromatic heterocycles. The van der Waals surface area contributed by atoms with Crippen LogP contribution in [0.3, 0.4) is 0 Å². The van der Waals surface area contributed by atoms with Crippen LogP contribution in [0.25, 0.3) is 0 Å². The number of carbonyl (C=O) groups is 1. The van der Waals surface area contributed by atoms with Gasteiger partial charge in [-0.1, -0.05) is 42.5 Å². The van der Waals surface area contributed by atoms with E-state index in [4.69, 9.17) is 5.73 Å². The first-order valence-corrected chi connectivity index (χ1v) is 7.39. The summed E-state index contributed by atoms with van der Waals surface area (Å²) in [6, 6.07) is 10.3. The van der Waals surface area contributed by atoms with Gasteiger partial charge in [-0.15, -0.1) is 0 Å². The Bertz CT molecular complexity index is 438. The van der Waals surface area contributed by atoms with Crippen LogP contribution in [-0.4, -0.2) is 23.9 Å². The molecule has 0 spiro atoms. The summed E-state index contributed by atoms with van der Waals surface area (Å²) in [6.45, 7) is 2.84. The van der Waals surface area contributed by atoms with E-state index < -0.39 is 0 Å². The van der Waals surface area contributed by atoms with Crippen molar-refractivity contribution in [3.05, 3.63) is 48.0 Å². The molecule has 0 radical (unpaired) electrons. The van der Waals surface area contributed by atoms with Gasteiger partial charge in [0.1, 0.15) is 0 Å². The molecule has 108 valence electrons. The molecule has 2 rings (SSSR count). The van der Waals surface area contributed by atoms with E-state index in [9.17, 15) is 4.79 Å². The van der Waals surface area contributed by atoms with Gasteiger partial charge in [-0.3, -0.25) is 4.79 Å². The van der Waals surface area contributed by atoms with Crippen LogP contribution < -0.4 is 5.73 Å². The van der Waals surface area contributed by atoms with Crippen LogP contribution in [0.15, 0.2) is 42.5 Å². The number of rotatable bonds is 8. The van der Waals surface area contributed by atoms with Crippen LogP contribution in [0, 0.1) is 5.92 Å². The van der Waals surface area contributed by atoms with Crippen molar-refractivity contribution < 1.29 is 4.79 Å². The van der Waals surface area contributed by atoms with Gasteiger partial charge >= 0.3 is 0 Å². The van der Waals surface area contributed by atoms with Crippen molar-refractivity contribution in [1.29, 1.82) is 0 Å². The fourth-order valence-corrected chi connectivity index (χ4v) is 2.31. The third kappa shape index (κ3) is 4.49. The SMILES string of the molecule is CC(N)C/C=C\C(c1ccccc1)N(C=O)CC1CC1. The quantitative estimate of drug-likeness (QED) is 0.584. The molecule has 1 amide bonds. The average Bonchev–Trinajstić information content (AvgIpc) is 3.26. The zero-order chi connectivity index (χ0) is 14.4. The summed E-state index contributed by atoms with van der Waals surface area (Å²) in [5.74, 6) is 0.688. The molecule has 1 aliphatic rings. The number of hydrogen-bond donors (Lipinski definition) is 1. The molecular formula is C17H24N2O. The van der Waals surface area contributed by atoms with Crippen molar-refractivity contribution in [3.8, 4) is 0 Å². The number of hydrogen-bond acceptors (Lipinski definition) is 2. The van der Waals surface area contributed by atoms with Crippen molar-refractivity contribution in [2.45, 2.75) is 38.3 Å². The molecule has 0 saturated heterocycles. The van der Waals surface area contributed by atoms with Crippen molar-refractivity contribution in [2.75, 3.05) is 6.54 Å². The smallest absolute Gasteiger partial charge is 0.210 e. The lowest BCUT2D eigenvalue weighted by Gasteiger charge is -2.26. The Balaban J connectivity index is 2.13. The maximum Gasteiger partial charge on any atom is 0.210 e. The van der Waals surface area contributed by atoms with Crippen molar-refractivity contribution >= 4 is 6.41 Å². The number of nitrogens with two attached hydrogens (primary N) is 1. The molecule has 20 heavy (non-hydrogen) atoms. The molecule has 1 saturated carbocycles. The summed E-state index contributed by atoms with van der Waals surface area (Å²) >= 11 is 0. The zero-order valence-corrected chi connectivity index (χ0v) is 12.1. The highest BCUT2D eigenvalue weighted by Crippen LogP contribution is 2.32. The maximum absolute atomic E-state index is 11.4. The van der Waals surface area contributed by atoms with Gasteiger partial charge in [0, 0.05) is 12.6 Å². The van der Waals surface area contributed by atoms with Crippen LogP contribution in [0.2, 0.25) is 0 Å². The van der Waals surface area contributed by atoms with E-state index in [-0.39, 0.29) is 12.1 Å². The van der Waals surface area contributed by atoms with Gasteiger partial charge in [0.05, 0.1) is 6.04 Å². The summed E-state index contributed by atoms with van der Waals surface area (Å²) in [5.41, 5.74) is 6.94. The first kappa shape index (κ1) is 14.8. The maximum atomic E-state index is 11.4. The summed E-state index contributed by atoms with van der Waals surface area (Å²) in [4.78, 5) is 13.4. The van der Waals surface area contributed by atoms with Gasteiger partial charge in [-0.25, -0.2) is 0 Å². The Morgan fingerprint density at radius 2 is 2.05 bits per heavy atom. The molecule has 1 aromatic rings. The van der Waals surface area contributed by atoms with Crippen LogP contribution in [0.5, 0.6) is 0 Å². The lowest BCUT2D eigenvalue weighted by Crippen LogP contribution is -2.28. The Morgan fingerprint density at radius 1 is 1.35 bits per heavy atom. The second-order valence-electron chi connectivity index (χ2n) is 5.74. The average molecular weight is 272 g/mol. The van der Waals surface area contributed by atoms with E-state index >= 15 is 0 Å². The molecule has 2 unspecified atom stereocenters. The molecular weight excluding hydrogens is 248 g/mol. The molecule has 3 nitrogen and oxygen atoms in total. The summed E-state index contributed by atoms with van der Waals surface area (Å²) in [7, 11) is 0. The number of carbonyl (C=O) groups excluding carboxylic acids is 1. The van der Waals surface area contributed by atoms with E-state index in [0.29, 0.717) is 5.92 Å². The van der Waals surface area contributed by atoms with E-state index in [0.717, 1.165) is 24.9 Å². The van der Waals surface area contributed by atoms with Crippen molar-refractivity contribution in [1.82, 2.24) is 4.90 Å². The van der Waals surface area contributed by atoms with Gasteiger partial charge in [0.15, 0.2) is 0 Å². The van der Waals surface area contributed by atoms with Crippen LogP contribution in [-0.2, 0) is 4.79 Å². The Labute approximate surface area is 121 Å². The fraction of sp³-hybridized carbons (Fsp3) is 0.471. The first-order chi connectivity index (χ1) is 9.70. The molecule has 0 heterocycles. The summed E-state index contributed by atoms with van der Waals surface area (Å²) in [6.07, 6.45) is 8.50. The molecule has 1 aliphatic carbocycles. The van der Waals surface area contributed by atoms with Gasteiger partial charge in [-0.05, 0) is 37.7 Å². The van der Waals surface area contributed by atoms with Crippen LogP contribution in [0.1, 0.15) is 37.8 Å². The van der Waals surface area contributed by atoms with Gasteiger partial charge in [0.25, 0.3) is 0 Å². The monoisotopic (exact) mass is 272 g/mol. The number of amides is 1.